The van der Waals surface area contributed by atoms with Crippen LogP contribution in [0.15, 0.2) is 42.7 Å². The molecule has 26 heavy (non-hydrogen) atoms. The van der Waals surface area contributed by atoms with Crippen molar-refractivity contribution in [2.45, 2.75) is 27.3 Å². The molecule has 3 rings (SSSR count). The van der Waals surface area contributed by atoms with E-state index < -0.39 is 0 Å². The Morgan fingerprint density at radius 1 is 1.27 bits per heavy atom. The molecule has 1 amide bonds. The maximum atomic E-state index is 12.2. The van der Waals surface area contributed by atoms with E-state index in [4.69, 9.17) is 0 Å². The summed E-state index contributed by atoms with van der Waals surface area (Å²) in [7, 11) is 1.84. The van der Waals surface area contributed by atoms with Crippen LogP contribution in [0.2, 0.25) is 0 Å². The highest BCUT2D eigenvalue weighted by molar-refractivity contribution is 6.02. The molecule has 134 valence electrons. The van der Waals surface area contributed by atoms with E-state index in [1.165, 1.54) is 17.2 Å². The number of aromatic nitrogens is 4. The highest BCUT2D eigenvalue weighted by Crippen LogP contribution is 2.20. The molecule has 0 radical (unpaired) electrons. The van der Waals surface area contributed by atoms with E-state index in [2.05, 4.69) is 40.6 Å². The Morgan fingerprint density at radius 2 is 2.08 bits per heavy atom. The van der Waals surface area contributed by atoms with Gasteiger partial charge in [0, 0.05) is 24.9 Å². The number of carbonyl (C=O) groups is 1. The van der Waals surface area contributed by atoms with Gasteiger partial charge in [0.25, 0.3) is 0 Å². The third-order valence-electron chi connectivity index (χ3n) is 4.20. The number of benzene rings is 1. The zero-order chi connectivity index (χ0) is 18.7. The van der Waals surface area contributed by atoms with Gasteiger partial charge in [0.15, 0.2) is 0 Å². The van der Waals surface area contributed by atoms with E-state index in [9.17, 15) is 4.79 Å². The molecule has 0 bridgehead atoms. The molecule has 3 aromatic rings. The zero-order valence-electron chi connectivity index (χ0n) is 15.5. The number of hydrogen-bond acceptors (Lipinski definition) is 3. The average molecular weight is 349 g/mol. The van der Waals surface area contributed by atoms with Crippen molar-refractivity contribution in [3.8, 4) is 0 Å². The Bertz CT molecular complexity index is 964. The lowest BCUT2D eigenvalue weighted by atomic mass is 10.1. The summed E-state index contributed by atoms with van der Waals surface area (Å²) in [6.45, 7) is 6.62. The number of anilines is 1. The first-order valence-electron chi connectivity index (χ1n) is 8.49. The van der Waals surface area contributed by atoms with Gasteiger partial charge in [0.2, 0.25) is 5.91 Å². The maximum absolute atomic E-state index is 12.2. The van der Waals surface area contributed by atoms with Crippen LogP contribution in [0, 0.1) is 20.8 Å². The second-order valence-electron chi connectivity index (χ2n) is 6.46. The Labute approximate surface area is 153 Å². The number of nitrogens with zero attached hydrogens (tertiary/aromatic N) is 4. The van der Waals surface area contributed by atoms with Crippen LogP contribution >= 0.6 is 0 Å². The standard InChI is InChI=1S/C20H23N5O/c1-14-6-5-7-17(10-14)13-25-16(3)20(15(2)23-25)22-19(26)9-8-18-11-21-24(4)12-18/h5-12H,13H2,1-4H3,(H,22,26)/b9-8+. The first-order valence-corrected chi connectivity index (χ1v) is 8.49. The predicted octanol–water partition coefficient (Wildman–Crippen LogP) is 3.24. The van der Waals surface area contributed by atoms with Gasteiger partial charge in [-0.3, -0.25) is 14.2 Å². The molecule has 0 atom stereocenters. The molecule has 6 nitrogen and oxygen atoms in total. The molecular weight excluding hydrogens is 326 g/mol. The quantitative estimate of drug-likeness (QED) is 0.719. The lowest BCUT2D eigenvalue weighted by Crippen LogP contribution is -2.10. The molecule has 0 aliphatic heterocycles. The summed E-state index contributed by atoms with van der Waals surface area (Å²) in [4.78, 5) is 12.2. The molecular formula is C20H23N5O. The van der Waals surface area contributed by atoms with Gasteiger partial charge < -0.3 is 5.32 Å². The summed E-state index contributed by atoms with van der Waals surface area (Å²) in [5, 5.41) is 11.6. The Morgan fingerprint density at radius 3 is 2.77 bits per heavy atom. The molecule has 0 spiro atoms. The van der Waals surface area contributed by atoms with Crippen molar-refractivity contribution in [3.05, 3.63) is 70.8 Å². The molecule has 0 aliphatic carbocycles. The molecule has 0 saturated carbocycles. The van der Waals surface area contributed by atoms with Crippen molar-refractivity contribution in [1.82, 2.24) is 19.6 Å². The molecule has 1 N–H and O–H groups in total. The summed E-state index contributed by atoms with van der Waals surface area (Å²) < 4.78 is 3.62. The molecule has 0 fully saturated rings. The number of carbonyl (C=O) groups excluding carboxylic acids is 1. The third-order valence-corrected chi connectivity index (χ3v) is 4.20. The number of aryl methyl sites for hydroxylation is 3. The van der Waals surface area contributed by atoms with E-state index in [1.54, 1.807) is 17.0 Å². The van der Waals surface area contributed by atoms with Gasteiger partial charge in [-0.05, 0) is 32.4 Å². The molecule has 2 aromatic heterocycles. The lowest BCUT2D eigenvalue weighted by molar-refractivity contribution is -0.111. The zero-order valence-corrected chi connectivity index (χ0v) is 15.5. The normalized spacial score (nSPS) is 11.2. The van der Waals surface area contributed by atoms with Crippen LogP contribution < -0.4 is 5.32 Å². The second kappa shape index (κ2) is 7.39. The Hall–Kier alpha value is -3.15. The van der Waals surface area contributed by atoms with Crippen molar-refractivity contribution in [2.24, 2.45) is 7.05 Å². The van der Waals surface area contributed by atoms with Gasteiger partial charge in [0.05, 0.1) is 29.8 Å². The maximum Gasteiger partial charge on any atom is 0.248 e. The highest BCUT2D eigenvalue weighted by atomic mass is 16.1. The monoisotopic (exact) mass is 349 g/mol. The summed E-state index contributed by atoms with van der Waals surface area (Å²) in [6, 6.07) is 8.34. The fourth-order valence-corrected chi connectivity index (χ4v) is 2.88. The van der Waals surface area contributed by atoms with Gasteiger partial charge in [-0.2, -0.15) is 10.2 Å². The first-order chi connectivity index (χ1) is 12.4. The van der Waals surface area contributed by atoms with Crippen molar-refractivity contribution in [1.29, 1.82) is 0 Å². The fourth-order valence-electron chi connectivity index (χ4n) is 2.88. The largest absolute Gasteiger partial charge is 0.319 e. The number of rotatable bonds is 5. The fraction of sp³-hybridized carbons (Fsp3) is 0.250. The summed E-state index contributed by atoms with van der Waals surface area (Å²) >= 11 is 0. The van der Waals surface area contributed by atoms with Gasteiger partial charge >= 0.3 is 0 Å². The van der Waals surface area contributed by atoms with E-state index >= 15 is 0 Å². The van der Waals surface area contributed by atoms with Crippen LogP contribution in [-0.2, 0) is 18.4 Å². The van der Waals surface area contributed by atoms with E-state index in [0.29, 0.717) is 6.54 Å². The minimum Gasteiger partial charge on any atom is -0.319 e. The lowest BCUT2D eigenvalue weighted by Gasteiger charge is -2.07. The molecule has 0 unspecified atom stereocenters. The highest BCUT2D eigenvalue weighted by Gasteiger charge is 2.13. The first kappa shape index (κ1) is 17.7. The third kappa shape index (κ3) is 4.08. The van der Waals surface area contributed by atoms with Crippen LogP contribution in [0.25, 0.3) is 6.08 Å². The van der Waals surface area contributed by atoms with Crippen LogP contribution in [0.3, 0.4) is 0 Å². The molecule has 2 heterocycles. The minimum absolute atomic E-state index is 0.185. The van der Waals surface area contributed by atoms with Gasteiger partial charge in [-0.25, -0.2) is 0 Å². The molecule has 0 aliphatic rings. The topological polar surface area (TPSA) is 64.7 Å². The van der Waals surface area contributed by atoms with E-state index in [0.717, 1.165) is 22.6 Å². The van der Waals surface area contributed by atoms with Crippen LogP contribution in [0.5, 0.6) is 0 Å². The van der Waals surface area contributed by atoms with Crippen LogP contribution in [0.4, 0.5) is 5.69 Å². The summed E-state index contributed by atoms with van der Waals surface area (Å²) in [5.74, 6) is -0.185. The van der Waals surface area contributed by atoms with Crippen molar-refractivity contribution in [2.75, 3.05) is 5.32 Å². The summed E-state index contributed by atoms with van der Waals surface area (Å²) in [5.41, 5.74) is 5.79. The SMILES string of the molecule is Cc1cccc(Cn2nc(C)c(NC(=O)/C=C/c3cnn(C)c3)c2C)c1. The predicted molar refractivity (Wildman–Crippen MR) is 103 cm³/mol. The van der Waals surface area contributed by atoms with Gasteiger partial charge in [-0.1, -0.05) is 29.8 Å². The molecule has 6 heteroatoms. The Kier molecular flexibility index (Phi) is 5.02. The smallest absolute Gasteiger partial charge is 0.248 e. The Balaban J connectivity index is 1.73. The molecule has 0 saturated heterocycles. The van der Waals surface area contributed by atoms with E-state index in [-0.39, 0.29) is 5.91 Å². The molecule has 1 aromatic carbocycles. The van der Waals surface area contributed by atoms with Crippen molar-refractivity contribution < 1.29 is 4.79 Å². The number of hydrogen-bond donors (Lipinski definition) is 1. The average Bonchev–Trinajstić information content (AvgIpc) is 3.12. The van der Waals surface area contributed by atoms with Crippen LogP contribution in [0.1, 0.15) is 28.1 Å². The van der Waals surface area contributed by atoms with E-state index in [1.807, 2.05) is 37.8 Å². The number of amides is 1. The van der Waals surface area contributed by atoms with Crippen molar-refractivity contribution in [3.63, 3.8) is 0 Å². The summed E-state index contributed by atoms with van der Waals surface area (Å²) in [6.07, 6.45) is 6.80. The van der Waals surface area contributed by atoms with Crippen LogP contribution in [-0.4, -0.2) is 25.5 Å². The van der Waals surface area contributed by atoms with Gasteiger partial charge in [0.1, 0.15) is 0 Å². The second-order valence-corrected chi connectivity index (χ2v) is 6.46. The van der Waals surface area contributed by atoms with Gasteiger partial charge in [-0.15, -0.1) is 0 Å². The number of nitrogens with one attached hydrogen (secondary N) is 1. The minimum atomic E-state index is -0.185. The van der Waals surface area contributed by atoms with Crippen molar-refractivity contribution >= 4 is 17.7 Å².